The highest BCUT2D eigenvalue weighted by Crippen LogP contribution is 2.17. The van der Waals surface area contributed by atoms with Crippen molar-refractivity contribution in [1.29, 1.82) is 0 Å². The summed E-state index contributed by atoms with van der Waals surface area (Å²) in [6.07, 6.45) is 1.69. The number of hydrogen-bond acceptors (Lipinski definition) is 2. The molecule has 0 aliphatic carbocycles. The molecule has 0 saturated carbocycles. The maximum absolute atomic E-state index is 13.3. The molecule has 0 bridgehead atoms. The molecular weight excluding hydrogens is 210 g/mol. The lowest BCUT2D eigenvalue weighted by molar-refractivity contribution is 0.561. The Hall–Kier alpha value is -1.97. The summed E-state index contributed by atoms with van der Waals surface area (Å²) < 4.78 is 26.7. The molecule has 1 aromatic carbocycles. The molecule has 0 aliphatic heterocycles. The average Bonchev–Trinajstić information content (AvgIpc) is 2.24. The third-order valence-electron chi connectivity index (χ3n) is 2.29. The van der Waals surface area contributed by atoms with E-state index in [-0.39, 0.29) is 12.0 Å². The van der Waals surface area contributed by atoms with Crippen molar-refractivity contribution < 1.29 is 8.78 Å². The number of aromatic nitrogens is 1. The minimum Gasteiger partial charge on any atom is -0.384 e. The van der Waals surface area contributed by atoms with Gasteiger partial charge in [-0.3, -0.25) is 0 Å². The minimum atomic E-state index is -0.546. The summed E-state index contributed by atoms with van der Waals surface area (Å²) in [5.41, 5.74) is 6.27. The molecule has 2 N–H and O–H groups in total. The molecule has 2 aromatic rings. The Labute approximate surface area is 91.7 Å². The summed E-state index contributed by atoms with van der Waals surface area (Å²) >= 11 is 0. The van der Waals surface area contributed by atoms with Crippen LogP contribution in [-0.2, 0) is 6.42 Å². The van der Waals surface area contributed by atoms with Crippen molar-refractivity contribution in [3.8, 4) is 0 Å². The summed E-state index contributed by atoms with van der Waals surface area (Å²) in [6.45, 7) is 0. The van der Waals surface area contributed by atoms with Crippen molar-refractivity contribution in [1.82, 2.24) is 4.98 Å². The van der Waals surface area contributed by atoms with Gasteiger partial charge in [0.2, 0.25) is 0 Å². The highest BCUT2D eigenvalue weighted by molar-refractivity contribution is 5.35. The monoisotopic (exact) mass is 220 g/mol. The van der Waals surface area contributed by atoms with Crippen molar-refractivity contribution in [2.45, 2.75) is 6.42 Å². The Morgan fingerprint density at radius 3 is 2.44 bits per heavy atom. The largest absolute Gasteiger partial charge is 0.384 e. The Kier molecular flexibility index (Phi) is 2.81. The number of rotatable bonds is 2. The SMILES string of the molecule is Nc1cc(Cc2c(F)cccc2F)ccn1. The van der Waals surface area contributed by atoms with Crippen LogP contribution in [0.4, 0.5) is 14.6 Å². The standard InChI is InChI=1S/C12H10F2N2/c13-10-2-1-3-11(14)9(10)6-8-4-5-16-12(15)7-8/h1-5,7H,6H2,(H2,15,16). The molecule has 82 valence electrons. The zero-order valence-electron chi connectivity index (χ0n) is 8.45. The first-order valence-electron chi connectivity index (χ1n) is 4.80. The van der Waals surface area contributed by atoms with Gasteiger partial charge >= 0.3 is 0 Å². The molecular formula is C12H10F2N2. The summed E-state index contributed by atoms with van der Waals surface area (Å²) in [6, 6.07) is 7.11. The molecule has 0 spiro atoms. The zero-order valence-corrected chi connectivity index (χ0v) is 8.45. The van der Waals surface area contributed by atoms with E-state index >= 15 is 0 Å². The van der Waals surface area contributed by atoms with E-state index in [1.807, 2.05) is 0 Å². The fourth-order valence-corrected chi connectivity index (χ4v) is 1.51. The molecule has 1 aromatic heterocycles. The molecule has 0 amide bonds. The predicted molar refractivity (Wildman–Crippen MR) is 57.8 cm³/mol. The molecule has 2 nitrogen and oxygen atoms in total. The number of pyridine rings is 1. The maximum Gasteiger partial charge on any atom is 0.129 e. The predicted octanol–water partition coefficient (Wildman–Crippen LogP) is 2.53. The van der Waals surface area contributed by atoms with Crippen LogP contribution in [-0.4, -0.2) is 4.98 Å². The van der Waals surface area contributed by atoms with Gasteiger partial charge in [-0.2, -0.15) is 0 Å². The van der Waals surface area contributed by atoms with E-state index in [0.29, 0.717) is 5.82 Å². The zero-order chi connectivity index (χ0) is 11.5. The van der Waals surface area contributed by atoms with Gasteiger partial charge in [-0.1, -0.05) is 6.07 Å². The molecule has 0 fully saturated rings. The van der Waals surface area contributed by atoms with Crippen LogP contribution in [0.2, 0.25) is 0 Å². The number of halogens is 2. The molecule has 0 atom stereocenters. The first kappa shape index (κ1) is 10.5. The molecule has 16 heavy (non-hydrogen) atoms. The summed E-state index contributed by atoms with van der Waals surface area (Å²) in [5.74, 6) is -0.750. The van der Waals surface area contributed by atoms with Gasteiger partial charge in [0.15, 0.2) is 0 Å². The Morgan fingerprint density at radius 1 is 1.12 bits per heavy atom. The van der Waals surface area contributed by atoms with Gasteiger partial charge in [0.1, 0.15) is 17.5 Å². The summed E-state index contributed by atoms with van der Waals surface area (Å²) in [4.78, 5) is 3.82. The second-order valence-electron chi connectivity index (χ2n) is 3.47. The molecule has 0 aliphatic rings. The third kappa shape index (κ3) is 2.16. The van der Waals surface area contributed by atoms with Gasteiger partial charge in [0, 0.05) is 18.2 Å². The fourth-order valence-electron chi connectivity index (χ4n) is 1.51. The summed E-state index contributed by atoms with van der Waals surface area (Å²) in [7, 11) is 0. The quantitative estimate of drug-likeness (QED) is 0.844. The van der Waals surface area contributed by atoms with Gasteiger partial charge in [0.25, 0.3) is 0 Å². The maximum atomic E-state index is 13.3. The molecule has 0 saturated heterocycles. The average molecular weight is 220 g/mol. The lowest BCUT2D eigenvalue weighted by atomic mass is 10.0. The normalized spacial score (nSPS) is 10.4. The number of benzene rings is 1. The molecule has 4 heteroatoms. The Balaban J connectivity index is 2.34. The second-order valence-corrected chi connectivity index (χ2v) is 3.47. The van der Waals surface area contributed by atoms with Gasteiger partial charge in [-0.25, -0.2) is 13.8 Å². The van der Waals surface area contributed by atoms with E-state index in [1.54, 1.807) is 12.1 Å². The lowest BCUT2D eigenvalue weighted by Crippen LogP contribution is -1.98. The third-order valence-corrected chi connectivity index (χ3v) is 2.29. The molecule has 2 rings (SSSR count). The van der Waals surface area contributed by atoms with Gasteiger partial charge in [0.05, 0.1) is 0 Å². The van der Waals surface area contributed by atoms with Crippen molar-refractivity contribution in [2.24, 2.45) is 0 Å². The van der Waals surface area contributed by atoms with Crippen LogP contribution in [0, 0.1) is 11.6 Å². The molecule has 0 unspecified atom stereocenters. The van der Waals surface area contributed by atoms with Crippen molar-refractivity contribution in [3.05, 3.63) is 59.3 Å². The van der Waals surface area contributed by atoms with E-state index in [2.05, 4.69) is 4.98 Å². The first-order chi connectivity index (χ1) is 7.66. The van der Waals surface area contributed by atoms with E-state index in [4.69, 9.17) is 5.73 Å². The minimum absolute atomic E-state index is 0.0492. The highest BCUT2D eigenvalue weighted by atomic mass is 19.1. The number of nitrogen functional groups attached to an aromatic ring is 1. The van der Waals surface area contributed by atoms with Crippen LogP contribution in [0.15, 0.2) is 36.5 Å². The second kappa shape index (κ2) is 4.26. The smallest absolute Gasteiger partial charge is 0.129 e. The van der Waals surface area contributed by atoms with Crippen LogP contribution >= 0.6 is 0 Å². The van der Waals surface area contributed by atoms with E-state index in [9.17, 15) is 8.78 Å². The van der Waals surface area contributed by atoms with Gasteiger partial charge < -0.3 is 5.73 Å². The lowest BCUT2D eigenvalue weighted by Gasteiger charge is -2.05. The first-order valence-corrected chi connectivity index (χ1v) is 4.80. The van der Waals surface area contributed by atoms with Crippen molar-refractivity contribution in [2.75, 3.05) is 5.73 Å². The van der Waals surface area contributed by atoms with Gasteiger partial charge in [-0.15, -0.1) is 0 Å². The molecule has 0 radical (unpaired) electrons. The van der Waals surface area contributed by atoms with Crippen LogP contribution < -0.4 is 5.73 Å². The number of nitrogens with two attached hydrogens (primary N) is 1. The number of hydrogen-bond donors (Lipinski definition) is 1. The Bertz CT molecular complexity index is 492. The summed E-state index contributed by atoms with van der Waals surface area (Å²) in [5, 5.41) is 0. The van der Waals surface area contributed by atoms with Crippen molar-refractivity contribution >= 4 is 5.82 Å². The number of anilines is 1. The van der Waals surface area contributed by atoms with E-state index in [0.717, 1.165) is 5.56 Å². The van der Waals surface area contributed by atoms with E-state index < -0.39 is 11.6 Å². The topological polar surface area (TPSA) is 38.9 Å². The van der Waals surface area contributed by atoms with Crippen LogP contribution in [0.3, 0.4) is 0 Å². The van der Waals surface area contributed by atoms with Gasteiger partial charge in [-0.05, 0) is 29.8 Å². The van der Waals surface area contributed by atoms with Crippen LogP contribution in [0.1, 0.15) is 11.1 Å². The van der Waals surface area contributed by atoms with Crippen LogP contribution in [0.25, 0.3) is 0 Å². The van der Waals surface area contributed by atoms with Crippen LogP contribution in [0.5, 0.6) is 0 Å². The fraction of sp³-hybridized carbons (Fsp3) is 0.0833. The van der Waals surface area contributed by atoms with Crippen molar-refractivity contribution in [3.63, 3.8) is 0 Å². The van der Waals surface area contributed by atoms with E-state index in [1.165, 1.54) is 24.4 Å². The Morgan fingerprint density at radius 2 is 1.81 bits per heavy atom. The number of nitrogens with zero attached hydrogens (tertiary/aromatic N) is 1. The molecule has 1 heterocycles. The highest BCUT2D eigenvalue weighted by Gasteiger charge is 2.08.